The number of ether oxygens (including phenoxy) is 1. The van der Waals surface area contributed by atoms with Gasteiger partial charge in [0.05, 0.1) is 25.4 Å². The summed E-state index contributed by atoms with van der Waals surface area (Å²) < 4.78 is 47.7. The Morgan fingerprint density at radius 2 is 1.97 bits per heavy atom. The summed E-state index contributed by atoms with van der Waals surface area (Å²) in [6, 6.07) is 13.3. The highest BCUT2D eigenvalue weighted by Gasteiger charge is 2.47. The van der Waals surface area contributed by atoms with Crippen LogP contribution in [0.25, 0.3) is 0 Å². The number of methoxy groups -OCH3 is 1. The summed E-state index contributed by atoms with van der Waals surface area (Å²) in [5.74, 6) is 0.0908. The number of amides is 1. The third kappa shape index (κ3) is 4.28. The van der Waals surface area contributed by atoms with E-state index in [9.17, 15) is 18.0 Å². The van der Waals surface area contributed by atoms with Crippen LogP contribution in [0.3, 0.4) is 0 Å². The average Bonchev–Trinajstić information content (AvgIpc) is 3.22. The number of nitrogens with zero attached hydrogens (tertiary/aromatic N) is 2. The van der Waals surface area contributed by atoms with Crippen LogP contribution in [-0.2, 0) is 0 Å². The fourth-order valence-electron chi connectivity index (χ4n) is 3.91. The Kier molecular flexibility index (Phi) is 5.82. The number of carbonyl (C=O) groups excluding carboxylic acids is 1. The maximum Gasteiger partial charge on any atom is 0.410 e. The van der Waals surface area contributed by atoms with Crippen molar-refractivity contribution in [3.8, 4) is 5.75 Å². The zero-order valence-corrected chi connectivity index (χ0v) is 17.6. The Bertz CT molecular complexity index is 1100. The molecule has 2 heterocycles. The monoisotopic (exact) mass is 444 g/mol. The molecular weight excluding hydrogens is 421 g/mol. The highest BCUT2D eigenvalue weighted by Crippen LogP contribution is 2.44. The lowest BCUT2D eigenvalue weighted by Gasteiger charge is -2.34. The Hall–Kier alpha value is -3.49. The number of fused-ring (bicyclic) bond motifs is 1. The SMILES string of the molecule is COc1cccc([C@H]2C[C@@H](C(F)(F)F)n3ncc(C(=O)N[C@@H](C)c4ccccc4)c3N2)c1. The van der Waals surface area contributed by atoms with E-state index < -0.39 is 24.2 Å². The summed E-state index contributed by atoms with van der Waals surface area (Å²) in [4.78, 5) is 13.0. The summed E-state index contributed by atoms with van der Waals surface area (Å²) in [6.07, 6.45) is -3.60. The van der Waals surface area contributed by atoms with E-state index in [4.69, 9.17) is 4.74 Å². The first-order valence-corrected chi connectivity index (χ1v) is 10.2. The van der Waals surface area contributed by atoms with Gasteiger partial charge in [0.1, 0.15) is 17.1 Å². The van der Waals surface area contributed by atoms with Gasteiger partial charge in [-0.05, 0) is 30.2 Å². The molecule has 2 aromatic carbocycles. The third-order valence-corrected chi connectivity index (χ3v) is 5.63. The number of rotatable bonds is 5. The second-order valence-electron chi connectivity index (χ2n) is 7.72. The number of carbonyl (C=O) groups is 1. The molecule has 4 rings (SSSR count). The van der Waals surface area contributed by atoms with Gasteiger partial charge in [0.25, 0.3) is 5.91 Å². The van der Waals surface area contributed by atoms with E-state index in [1.807, 2.05) is 37.3 Å². The van der Waals surface area contributed by atoms with E-state index in [2.05, 4.69) is 15.7 Å². The molecule has 0 unspecified atom stereocenters. The van der Waals surface area contributed by atoms with Gasteiger partial charge in [-0.3, -0.25) is 4.79 Å². The molecule has 32 heavy (non-hydrogen) atoms. The lowest BCUT2D eigenvalue weighted by Crippen LogP contribution is -2.36. The van der Waals surface area contributed by atoms with Crippen molar-refractivity contribution < 1.29 is 22.7 Å². The quantitative estimate of drug-likeness (QED) is 0.578. The molecule has 0 saturated heterocycles. The van der Waals surface area contributed by atoms with E-state index in [-0.39, 0.29) is 23.8 Å². The first-order chi connectivity index (χ1) is 15.3. The van der Waals surface area contributed by atoms with Crippen molar-refractivity contribution in [1.29, 1.82) is 0 Å². The van der Waals surface area contributed by atoms with E-state index in [0.717, 1.165) is 10.2 Å². The molecule has 2 N–H and O–H groups in total. The summed E-state index contributed by atoms with van der Waals surface area (Å²) >= 11 is 0. The minimum atomic E-state index is -4.52. The summed E-state index contributed by atoms with van der Waals surface area (Å²) in [7, 11) is 1.50. The lowest BCUT2D eigenvalue weighted by molar-refractivity contribution is -0.173. The summed E-state index contributed by atoms with van der Waals surface area (Å²) in [5.41, 5.74) is 1.59. The molecule has 9 heteroatoms. The smallest absolute Gasteiger partial charge is 0.410 e. The molecule has 3 atom stereocenters. The van der Waals surface area contributed by atoms with Crippen LogP contribution in [0, 0.1) is 0 Å². The maximum absolute atomic E-state index is 13.9. The molecule has 0 spiro atoms. The number of benzene rings is 2. The fourth-order valence-corrected chi connectivity index (χ4v) is 3.91. The molecule has 6 nitrogen and oxygen atoms in total. The molecule has 168 valence electrons. The molecule has 1 aromatic heterocycles. The minimum Gasteiger partial charge on any atom is -0.497 e. The zero-order chi connectivity index (χ0) is 22.9. The lowest BCUT2D eigenvalue weighted by atomic mass is 9.96. The van der Waals surface area contributed by atoms with E-state index in [0.29, 0.717) is 11.3 Å². The van der Waals surface area contributed by atoms with Crippen LogP contribution in [0.2, 0.25) is 0 Å². The number of hydrogen-bond donors (Lipinski definition) is 2. The van der Waals surface area contributed by atoms with Crippen LogP contribution in [0.15, 0.2) is 60.8 Å². The third-order valence-electron chi connectivity index (χ3n) is 5.63. The molecular formula is C23H23F3N4O2. The number of anilines is 1. The van der Waals surface area contributed by atoms with Gasteiger partial charge in [-0.2, -0.15) is 18.3 Å². The van der Waals surface area contributed by atoms with Crippen LogP contribution in [0.4, 0.5) is 19.0 Å². The van der Waals surface area contributed by atoms with Crippen molar-refractivity contribution in [1.82, 2.24) is 15.1 Å². The first kappa shape index (κ1) is 21.7. The topological polar surface area (TPSA) is 68.2 Å². The Morgan fingerprint density at radius 3 is 2.66 bits per heavy atom. The number of halogens is 3. The van der Waals surface area contributed by atoms with Crippen LogP contribution in [-0.4, -0.2) is 29.0 Å². The Labute approximate surface area is 183 Å². The highest BCUT2D eigenvalue weighted by atomic mass is 19.4. The van der Waals surface area contributed by atoms with Crippen molar-refractivity contribution in [3.63, 3.8) is 0 Å². The van der Waals surface area contributed by atoms with E-state index in [1.165, 1.54) is 13.3 Å². The minimum absolute atomic E-state index is 0.0455. The zero-order valence-electron chi connectivity index (χ0n) is 17.6. The number of aromatic nitrogens is 2. The molecule has 0 bridgehead atoms. The van der Waals surface area contributed by atoms with Crippen molar-refractivity contribution in [2.24, 2.45) is 0 Å². The number of nitrogens with one attached hydrogen (secondary N) is 2. The summed E-state index contributed by atoms with van der Waals surface area (Å²) in [6.45, 7) is 1.81. The number of alkyl halides is 3. The number of hydrogen-bond acceptors (Lipinski definition) is 4. The Morgan fingerprint density at radius 1 is 1.22 bits per heavy atom. The van der Waals surface area contributed by atoms with Crippen molar-refractivity contribution in [2.45, 2.75) is 37.6 Å². The fraction of sp³-hybridized carbons (Fsp3) is 0.304. The van der Waals surface area contributed by atoms with Crippen LogP contribution >= 0.6 is 0 Å². The van der Waals surface area contributed by atoms with Gasteiger partial charge in [-0.15, -0.1) is 0 Å². The van der Waals surface area contributed by atoms with Gasteiger partial charge >= 0.3 is 6.18 Å². The van der Waals surface area contributed by atoms with Crippen molar-refractivity contribution in [3.05, 3.63) is 77.5 Å². The van der Waals surface area contributed by atoms with Gasteiger partial charge in [-0.1, -0.05) is 42.5 Å². The van der Waals surface area contributed by atoms with Crippen molar-refractivity contribution in [2.75, 3.05) is 12.4 Å². The molecule has 0 saturated carbocycles. The summed E-state index contributed by atoms with van der Waals surface area (Å²) in [5, 5.41) is 9.85. The molecule has 3 aromatic rings. The van der Waals surface area contributed by atoms with Crippen LogP contribution < -0.4 is 15.4 Å². The molecule has 1 amide bonds. The highest BCUT2D eigenvalue weighted by molar-refractivity contribution is 5.99. The van der Waals surface area contributed by atoms with Crippen molar-refractivity contribution >= 4 is 11.7 Å². The predicted molar refractivity (Wildman–Crippen MR) is 114 cm³/mol. The first-order valence-electron chi connectivity index (χ1n) is 10.2. The van der Waals surface area contributed by atoms with Crippen LogP contribution in [0.1, 0.15) is 53.0 Å². The standard InChI is InChI=1S/C23H23F3N4O2/c1-14(15-7-4-3-5-8-15)28-22(31)18-13-27-30-20(23(24,25)26)12-19(29-21(18)30)16-9-6-10-17(11-16)32-2/h3-11,13-14,19-20,29H,12H2,1-2H3,(H,28,31)/t14-,19+,20-/m0/s1. The van der Waals surface area contributed by atoms with Gasteiger partial charge in [0.15, 0.2) is 6.04 Å². The van der Waals surface area contributed by atoms with Gasteiger partial charge in [0, 0.05) is 6.42 Å². The van der Waals surface area contributed by atoms with Gasteiger partial charge in [0.2, 0.25) is 0 Å². The molecule has 0 aliphatic carbocycles. The van der Waals surface area contributed by atoms with Gasteiger partial charge in [-0.25, -0.2) is 4.68 Å². The largest absolute Gasteiger partial charge is 0.497 e. The molecule has 1 aliphatic rings. The van der Waals surface area contributed by atoms with Gasteiger partial charge < -0.3 is 15.4 Å². The van der Waals surface area contributed by atoms with E-state index >= 15 is 0 Å². The predicted octanol–water partition coefficient (Wildman–Crippen LogP) is 5.04. The Balaban J connectivity index is 1.66. The second-order valence-corrected chi connectivity index (χ2v) is 7.72. The maximum atomic E-state index is 13.9. The van der Waals surface area contributed by atoms with Crippen LogP contribution in [0.5, 0.6) is 5.75 Å². The molecule has 0 fully saturated rings. The normalized spacial score (nSPS) is 18.9. The second kappa shape index (κ2) is 8.57. The molecule has 0 radical (unpaired) electrons. The molecule has 1 aliphatic heterocycles. The average molecular weight is 444 g/mol. The van der Waals surface area contributed by atoms with E-state index in [1.54, 1.807) is 24.3 Å².